The highest BCUT2D eigenvalue weighted by Crippen LogP contribution is 2.21. The van der Waals surface area contributed by atoms with Crippen LogP contribution in [0.1, 0.15) is 15.9 Å². The number of carboxylic acids is 1. The van der Waals surface area contributed by atoms with E-state index in [-0.39, 0.29) is 17.8 Å². The first kappa shape index (κ1) is 14.2. The van der Waals surface area contributed by atoms with Crippen molar-refractivity contribution in [3.8, 4) is 0 Å². The molecule has 8 heteroatoms. The number of rotatable bonds is 4. The molecule has 0 bridgehead atoms. The van der Waals surface area contributed by atoms with Gasteiger partial charge in [0, 0.05) is 18.8 Å². The molecular weight excluding hydrogens is 335 g/mol. The minimum absolute atomic E-state index is 0.0720. The van der Waals surface area contributed by atoms with Gasteiger partial charge in [-0.25, -0.2) is 9.18 Å². The van der Waals surface area contributed by atoms with Crippen LogP contribution >= 0.6 is 15.9 Å². The lowest BCUT2D eigenvalue weighted by Crippen LogP contribution is -2.01. The van der Waals surface area contributed by atoms with Crippen LogP contribution in [-0.4, -0.2) is 20.6 Å². The number of hydrogen-bond donors (Lipinski definition) is 1. The largest absolute Gasteiger partial charge is 0.478 e. The first-order valence-corrected chi connectivity index (χ1v) is 6.19. The van der Waals surface area contributed by atoms with Crippen LogP contribution in [0.4, 0.5) is 10.1 Å². The molecule has 0 spiro atoms. The van der Waals surface area contributed by atoms with Crippen molar-refractivity contribution in [2.75, 3.05) is 0 Å². The fourth-order valence-corrected chi connectivity index (χ4v) is 2.22. The van der Waals surface area contributed by atoms with Crippen molar-refractivity contribution in [2.24, 2.45) is 0 Å². The summed E-state index contributed by atoms with van der Waals surface area (Å²) in [6.07, 6.45) is 1.36. The smallest absolute Gasteiger partial charge is 0.337 e. The molecule has 0 aliphatic rings. The molecule has 0 saturated carbocycles. The Labute approximate surface area is 120 Å². The molecule has 0 aliphatic heterocycles. The number of nitro groups is 1. The third-order valence-electron chi connectivity index (χ3n) is 2.60. The standard InChI is InChI=1S/C12H8BrFN2O4/c13-11-3-8(12(17)18)6-15(11)5-7-1-9(14)4-10(2-7)16(19)20/h1-4,6H,5H2,(H,17,18). The zero-order chi connectivity index (χ0) is 14.9. The highest BCUT2D eigenvalue weighted by molar-refractivity contribution is 9.10. The molecule has 20 heavy (non-hydrogen) atoms. The molecule has 6 nitrogen and oxygen atoms in total. The Morgan fingerprint density at radius 3 is 2.65 bits per heavy atom. The van der Waals surface area contributed by atoms with Crippen LogP contribution in [0.15, 0.2) is 35.1 Å². The number of halogens is 2. The van der Waals surface area contributed by atoms with Crippen molar-refractivity contribution < 1.29 is 19.2 Å². The van der Waals surface area contributed by atoms with Crippen LogP contribution in [0.3, 0.4) is 0 Å². The van der Waals surface area contributed by atoms with Crippen molar-refractivity contribution in [1.82, 2.24) is 4.57 Å². The maximum Gasteiger partial charge on any atom is 0.337 e. The number of nitrogens with zero attached hydrogens (tertiary/aromatic N) is 2. The predicted octanol–water partition coefficient (Wildman–Crippen LogP) is 3.04. The quantitative estimate of drug-likeness (QED) is 0.683. The van der Waals surface area contributed by atoms with Crippen molar-refractivity contribution in [2.45, 2.75) is 6.54 Å². The van der Waals surface area contributed by atoms with Crippen LogP contribution in [-0.2, 0) is 6.54 Å². The van der Waals surface area contributed by atoms with E-state index >= 15 is 0 Å². The number of nitro benzene ring substituents is 1. The lowest BCUT2D eigenvalue weighted by molar-refractivity contribution is -0.385. The van der Waals surface area contributed by atoms with Crippen LogP contribution < -0.4 is 0 Å². The van der Waals surface area contributed by atoms with Gasteiger partial charge < -0.3 is 9.67 Å². The number of aromatic nitrogens is 1. The molecule has 1 aromatic heterocycles. The van der Waals surface area contributed by atoms with Crippen LogP contribution in [0.5, 0.6) is 0 Å². The van der Waals surface area contributed by atoms with E-state index in [0.29, 0.717) is 10.2 Å². The zero-order valence-corrected chi connectivity index (χ0v) is 11.5. The number of aromatic carboxylic acids is 1. The van der Waals surface area contributed by atoms with Gasteiger partial charge in [0.15, 0.2) is 0 Å². The number of carboxylic acid groups (broad SMARTS) is 1. The number of benzene rings is 1. The molecule has 1 heterocycles. The summed E-state index contributed by atoms with van der Waals surface area (Å²) in [4.78, 5) is 20.8. The molecule has 0 saturated heterocycles. The fourth-order valence-electron chi connectivity index (χ4n) is 1.74. The highest BCUT2D eigenvalue weighted by Gasteiger charge is 2.13. The Bertz CT molecular complexity index is 699. The van der Waals surface area contributed by atoms with Crippen molar-refractivity contribution in [1.29, 1.82) is 0 Å². The summed E-state index contributed by atoms with van der Waals surface area (Å²) >= 11 is 3.18. The SMILES string of the molecule is O=C(O)c1cc(Br)n(Cc2cc(F)cc([N+](=O)[O-])c2)c1. The molecule has 0 aliphatic carbocycles. The van der Waals surface area contributed by atoms with E-state index in [1.54, 1.807) is 0 Å². The molecule has 1 aromatic carbocycles. The van der Waals surface area contributed by atoms with Crippen molar-refractivity contribution in [3.63, 3.8) is 0 Å². The molecule has 0 atom stereocenters. The minimum Gasteiger partial charge on any atom is -0.478 e. The summed E-state index contributed by atoms with van der Waals surface area (Å²) in [6.45, 7) is 0.118. The van der Waals surface area contributed by atoms with E-state index in [1.807, 2.05) is 0 Å². The Balaban J connectivity index is 2.34. The Kier molecular flexibility index (Phi) is 3.84. The van der Waals surface area contributed by atoms with Gasteiger partial charge in [0.25, 0.3) is 5.69 Å². The van der Waals surface area contributed by atoms with Crippen molar-refractivity contribution in [3.05, 3.63) is 62.1 Å². The number of carbonyl (C=O) groups is 1. The summed E-state index contributed by atoms with van der Waals surface area (Å²) in [5, 5.41) is 19.5. The highest BCUT2D eigenvalue weighted by atomic mass is 79.9. The molecule has 0 unspecified atom stereocenters. The van der Waals surface area contributed by atoms with Gasteiger partial charge in [0.2, 0.25) is 0 Å². The lowest BCUT2D eigenvalue weighted by Gasteiger charge is -2.05. The van der Waals surface area contributed by atoms with E-state index < -0.39 is 16.7 Å². The molecule has 2 aromatic rings. The molecule has 0 fully saturated rings. The van der Waals surface area contributed by atoms with E-state index in [4.69, 9.17) is 5.11 Å². The van der Waals surface area contributed by atoms with Crippen molar-refractivity contribution >= 4 is 27.6 Å². The first-order chi connectivity index (χ1) is 9.36. The van der Waals surface area contributed by atoms with Gasteiger partial charge in [-0.05, 0) is 33.6 Å². The Morgan fingerprint density at radius 2 is 2.10 bits per heavy atom. The van der Waals surface area contributed by atoms with Gasteiger partial charge >= 0.3 is 5.97 Å². The molecule has 0 amide bonds. The maximum atomic E-state index is 13.3. The predicted molar refractivity (Wildman–Crippen MR) is 71.2 cm³/mol. The summed E-state index contributed by atoms with van der Waals surface area (Å²) in [6, 6.07) is 4.64. The van der Waals surface area contributed by atoms with E-state index in [9.17, 15) is 19.3 Å². The lowest BCUT2D eigenvalue weighted by atomic mass is 10.2. The second-order valence-electron chi connectivity index (χ2n) is 4.06. The van der Waals surface area contributed by atoms with Gasteiger partial charge in [-0.3, -0.25) is 10.1 Å². The maximum absolute atomic E-state index is 13.3. The first-order valence-electron chi connectivity index (χ1n) is 5.39. The topological polar surface area (TPSA) is 85.4 Å². The van der Waals surface area contributed by atoms with Gasteiger partial charge in [-0.1, -0.05) is 0 Å². The fraction of sp³-hybridized carbons (Fsp3) is 0.0833. The van der Waals surface area contributed by atoms with Gasteiger partial charge in [0.05, 0.1) is 21.2 Å². The molecule has 0 radical (unpaired) electrons. The normalized spacial score (nSPS) is 10.5. The molecular formula is C12H8BrFN2O4. The van der Waals surface area contributed by atoms with Crippen LogP contribution in [0, 0.1) is 15.9 Å². The van der Waals surface area contributed by atoms with Gasteiger partial charge in [0.1, 0.15) is 5.82 Å². The zero-order valence-electron chi connectivity index (χ0n) is 9.92. The van der Waals surface area contributed by atoms with E-state index in [1.165, 1.54) is 29.0 Å². The monoisotopic (exact) mass is 342 g/mol. The second kappa shape index (κ2) is 5.41. The third kappa shape index (κ3) is 3.02. The number of non-ortho nitro benzene ring substituents is 1. The summed E-state index contributed by atoms with van der Waals surface area (Å²) in [5.74, 6) is -1.80. The van der Waals surface area contributed by atoms with E-state index in [2.05, 4.69) is 15.9 Å². The summed E-state index contributed by atoms with van der Waals surface area (Å²) < 4.78 is 15.3. The molecule has 1 N–H and O–H groups in total. The van der Waals surface area contributed by atoms with Crippen LogP contribution in [0.2, 0.25) is 0 Å². The van der Waals surface area contributed by atoms with Crippen LogP contribution in [0.25, 0.3) is 0 Å². The van der Waals surface area contributed by atoms with E-state index in [0.717, 1.165) is 6.07 Å². The molecule has 2 rings (SSSR count). The average Bonchev–Trinajstić information content (AvgIpc) is 2.70. The summed E-state index contributed by atoms with van der Waals surface area (Å²) in [7, 11) is 0. The average molecular weight is 343 g/mol. The van der Waals surface area contributed by atoms with Gasteiger partial charge in [-0.2, -0.15) is 0 Å². The minimum atomic E-state index is -1.09. The van der Waals surface area contributed by atoms with Gasteiger partial charge in [-0.15, -0.1) is 0 Å². The Hall–Kier alpha value is -2.22. The number of hydrogen-bond acceptors (Lipinski definition) is 3. The Morgan fingerprint density at radius 1 is 1.40 bits per heavy atom. The second-order valence-corrected chi connectivity index (χ2v) is 4.87. The molecule has 104 valence electrons. The summed E-state index contributed by atoms with van der Waals surface area (Å²) in [5.41, 5.74) is 0.0921. The third-order valence-corrected chi connectivity index (χ3v) is 3.28.